The number of aliphatic hydroxyl groups is 3. The number of likely N-dealkylation sites (tertiary alicyclic amines) is 1. The Kier molecular flexibility index (Phi) is 5.20. The van der Waals surface area contributed by atoms with Crippen molar-refractivity contribution in [3.8, 4) is 0 Å². The van der Waals surface area contributed by atoms with Crippen LogP contribution in [-0.2, 0) is 4.74 Å². The van der Waals surface area contributed by atoms with Gasteiger partial charge in [0.1, 0.15) is 18.3 Å². The molecule has 5 nitrogen and oxygen atoms in total. The van der Waals surface area contributed by atoms with Gasteiger partial charge in [-0.05, 0) is 19.4 Å². The maximum absolute atomic E-state index is 10.1. The molecule has 2 unspecified atom stereocenters. The van der Waals surface area contributed by atoms with Crippen LogP contribution in [0.2, 0.25) is 0 Å². The third kappa shape index (κ3) is 2.95. The zero-order chi connectivity index (χ0) is 14.0. The van der Waals surface area contributed by atoms with Gasteiger partial charge >= 0.3 is 0 Å². The summed E-state index contributed by atoms with van der Waals surface area (Å²) in [6, 6.07) is 0.0217. The van der Waals surface area contributed by atoms with Gasteiger partial charge in [0.2, 0.25) is 0 Å². The molecule has 7 atom stereocenters. The molecule has 1 aliphatic carbocycles. The Balaban J connectivity index is 1.96. The molecule has 0 aromatic carbocycles. The van der Waals surface area contributed by atoms with Crippen LogP contribution in [0.25, 0.3) is 0 Å². The lowest BCUT2D eigenvalue weighted by atomic mass is 9.89. The minimum Gasteiger partial charge on any atom is -0.389 e. The van der Waals surface area contributed by atoms with Crippen molar-refractivity contribution in [2.24, 2.45) is 0 Å². The van der Waals surface area contributed by atoms with E-state index < -0.39 is 18.3 Å². The van der Waals surface area contributed by atoms with E-state index in [0.717, 1.165) is 32.2 Å². The van der Waals surface area contributed by atoms with E-state index in [0.29, 0.717) is 6.61 Å². The highest BCUT2D eigenvalue weighted by molar-refractivity contribution is 5.18. The minimum atomic E-state index is -1.10. The molecule has 3 N–H and O–H groups in total. The van der Waals surface area contributed by atoms with E-state index >= 15 is 0 Å². The monoisotopic (exact) mass is 273 g/mol. The molecule has 112 valence electrons. The van der Waals surface area contributed by atoms with Crippen LogP contribution in [0.3, 0.4) is 0 Å². The fraction of sp³-hybridized carbons (Fsp3) is 1.00. The molecule has 2 rings (SSSR count). The second-order valence-electron chi connectivity index (χ2n) is 5.73. The molecular weight excluding hydrogens is 246 g/mol. The molecule has 0 radical (unpaired) electrons. The minimum absolute atomic E-state index is 0.0448. The van der Waals surface area contributed by atoms with Crippen LogP contribution in [0, 0.1) is 0 Å². The number of unbranched alkanes of at least 4 members (excludes halogenated alkanes) is 2. The number of fused-ring (bicyclic) bond motifs is 1. The van der Waals surface area contributed by atoms with Gasteiger partial charge in [0, 0.05) is 6.61 Å². The van der Waals surface area contributed by atoms with E-state index in [4.69, 9.17) is 4.74 Å². The summed E-state index contributed by atoms with van der Waals surface area (Å²) >= 11 is 0. The zero-order valence-electron chi connectivity index (χ0n) is 11.9. The van der Waals surface area contributed by atoms with Crippen molar-refractivity contribution in [2.75, 3.05) is 13.2 Å². The van der Waals surface area contributed by atoms with Crippen molar-refractivity contribution < 1.29 is 20.1 Å². The van der Waals surface area contributed by atoms with E-state index in [9.17, 15) is 15.3 Å². The summed E-state index contributed by atoms with van der Waals surface area (Å²) in [5.41, 5.74) is 0. The molecule has 19 heavy (non-hydrogen) atoms. The number of ether oxygens (including phenoxy) is 1. The lowest BCUT2D eigenvalue weighted by Crippen LogP contribution is -2.54. The number of hydrogen-bond acceptors (Lipinski definition) is 5. The quantitative estimate of drug-likeness (QED) is 0.454. The molecule has 1 saturated carbocycles. The van der Waals surface area contributed by atoms with Gasteiger partial charge in [-0.25, -0.2) is 0 Å². The summed E-state index contributed by atoms with van der Waals surface area (Å²) in [6.45, 7) is 5.72. The Hall–Kier alpha value is -0.200. The van der Waals surface area contributed by atoms with E-state index in [-0.39, 0.29) is 18.2 Å². The summed E-state index contributed by atoms with van der Waals surface area (Å²) in [5, 5.41) is 30.0. The third-order valence-electron chi connectivity index (χ3n) is 4.33. The van der Waals surface area contributed by atoms with Crippen LogP contribution < -0.4 is 0 Å². The van der Waals surface area contributed by atoms with Gasteiger partial charge in [0.15, 0.2) is 0 Å². The van der Waals surface area contributed by atoms with Crippen LogP contribution in [0.5, 0.6) is 0 Å². The van der Waals surface area contributed by atoms with Crippen LogP contribution in [0.1, 0.15) is 39.5 Å². The first kappa shape index (κ1) is 15.2. The molecule has 1 heterocycles. The molecule has 0 aromatic rings. The first-order valence-electron chi connectivity index (χ1n) is 7.55. The lowest BCUT2D eigenvalue weighted by molar-refractivity contribution is -0.140. The Bertz CT molecular complexity index is 289. The molecular formula is C14H27NO4. The molecule has 0 spiro atoms. The van der Waals surface area contributed by atoms with E-state index in [1.807, 2.05) is 0 Å². The predicted molar refractivity (Wildman–Crippen MR) is 71.9 cm³/mol. The van der Waals surface area contributed by atoms with Crippen molar-refractivity contribution in [3.05, 3.63) is 0 Å². The topological polar surface area (TPSA) is 72.9 Å². The number of rotatable bonds is 7. The van der Waals surface area contributed by atoms with Crippen molar-refractivity contribution in [3.63, 3.8) is 0 Å². The van der Waals surface area contributed by atoms with E-state index in [2.05, 4.69) is 18.7 Å². The Morgan fingerprint density at radius 1 is 0.895 bits per heavy atom. The van der Waals surface area contributed by atoms with Crippen molar-refractivity contribution >= 4 is 0 Å². The second-order valence-corrected chi connectivity index (χ2v) is 5.73. The van der Waals surface area contributed by atoms with Gasteiger partial charge in [0.25, 0.3) is 0 Å². The highest BCUT2D eigenvalue weighted by atomic mass is 16.5. The molecule has 2 aliphatic rings. The smallest absolute Gasteiger partial charge is 0.110 e. The standard InChI is InChI=1S/C14H27NO4/c1-3-5-7-15-9-10(15)14(19-8-6-4-2)13(18)12(17)11(9)16/h9-14,16-18H,3-8H2,1-2H3/t9?,10?,11-,12+,13-,14-,15-/m1/s1. The SMILES string of the molecule is CCCCO[C@@H]1C2C([C@@H](O)[C@H](O)[C@H]1O)[N@@]2CCCC. The normalized spacial score (nSPS) is 45.0. The summed E-state index contributed by atoms with van der Waals surface area (Å²) in [6.07, 6.45) is 0.844. The molecule has 2 fully saturated rings. The van der Waals surface area contributed by atoms with E-state index in [1.54, 1.807) is 0 Å². The summed E-state index contributed by atoms with van der Waals surface area (Å²) < 4.78 is 5.76. The molecule has 0 bridgehead atoms. The van der Waals surface area contributed by atoms with Crippen molar-refractivity contribution in [1.82, 2.24) is 4.90 Å². The maximum Gasteiger partial charge on any atom is 0.110 e. The van der Waals surface area contributed by atoms with Gasteiger partial charge in [0.05, 0.1) is 18.2 Å². The molecule has 0 aromatic heterocycles. The van der Waals surface area contributed by atoms with Gasteiger partial charge in [-0.15, -0.1) is 0 Å². The first-order chi connectivity index (χ1) is 9.13. The molecule has 1 aliphatic heterocycles. The number of hydrogen-bond donors (Lipinski definition) is 3. The van der Waals surface area contributed by atoms with E-state index in [1.165, 1.54) is 0 Å². The van der Waals surface area contributed by atoms with Crippen LogP contribution in [0.15, 0.2) is 0 Å². The molecule has 1 saturated heterocycles. The summed E-state index contributed by atoms with van der Waals surface area (Å²) in [7, 11) is 0. The zero-order valence-corrected chi connectivity index (χ0v) is 11.9. The maximum atomic E-state index is 10.1. The Labute approximate surface area is 115 Å². The lowest BCUT2D eigenvalue weighted by Gasteiger charge is -2.33. The summed E-state index contributed by atoms with van der Waals surface area (Å²) in [5.74, 6) is 0. The van der Waals surface area contributed by atoms with Crippen molar-refractivity contribution in [1.29, 1.82) is 0 Å². The number of nitrogens with zero attached hydrogens (tertiary/aromatic N) is 1. The Morgan fingerprint density at radius 3 is 2.21 bits per heavy atom. The van der Waals surface area contributed by atoms with Gasteiger partial charge in [-0.2, -0.15) is 0 Å². The predicted octanol–water partition coefficient (Wildman–Crippen LogP) is 0.121. The highest BCUT2D eigenvalue weighted by Gasteiger charge is 2.64. The Morgan fingerprint density at radius 2 is 1.58 bits per heavy atom. The van der Waals surface area contributed by atoms with Crippen molar-refractivity contribution in [2.45, 2.75) is 76.0 Å². The van der Waals surface area contributed by atoms with Crippen LogP contribution >= 0.6 is 0 Å². The van der Waals surface area contributed by atoms with Crippen LogP contribution in [0.4, 0.5) is 0 Å². The largest absolute Gasteiger partial charge is 0.389 e. The fourth-order valence-corrected chi connectivity index (χ4v) is 3.10. The first-order valence-corrected chi connectivity index (χ1v) is 7.55. The van der Waals surface area contributed by atoms with Gasteiger partial charge in [-0.1, -0.05) is 26.7 Å². The van der Waals surface area contributed by atoms with Gasteiger partial charge in [-0.3, -0.25) is 4.90 Å². The molecule has 5 heteroatoms. The highest BCUT2D eigenvalue weighted by Crippen LogP contribution is 2.42. The average Bonchev–Trinajstić information content (AvgIpc) is 3.12. The third-order valence-corrected chi connectivity index (χ3v) is 4.33. The molecule has 0 amide bonds. The average molecular weight is 273 g/mol. The van der Waals surface area contributed by atoms with Gasteiger partial charge < -0.3 is 20.1 Å². The summed E-state index contributed by atoms with van der Waals surface area (Å²) in [4.78, 5) is 2.16. The fourth-order valence-electron chi connectivity index (χ4n) is 3.10. The second kappa shape index (κ2) is 6.50. The number of aliphatic hydroxyl groups excluding tert-OH is 3. The van der Waals surface area contributed by atoms with Crippen LogP contribution in [-0.4, -0.2) is 69.9 Å².